The molecule has 2 heterocycles. The van der Waals surface area contributed by atoms with Crippen LogP contribution in [0.25, 0.3) is 0 Å². The summed E-state index contributed by atoms with van der Waals surface area (Å²) in [5, 5.41) is 3.62. The molecule has 1 aromatic heterocycles. The number of imidazole rings is 1. The minimum atomic E-state index is 0.346. The lowest BCUT2D eigenvalue weighted by atomic mass is 10.0. The van der Waals surface area contributed by atoms with Gasteiger partial charge in [-0.15, -0.1) is 0 Å². The summed E-state index contributed by atoms with van der Waals surface area (Å²) in [6.45, 7) is 5.43. The number of nitrogens with zero attached hydrogens (tertiary/aromatic N) is 2. The van der Waals surface area contributed by atoms with Crippen LogP contribution in [0, 0.1) is 0 Å². The molecule has 1 atom stereocenters. The summed E-state index contributed by atoms with van der Waals surface area (Å²) >= 11 is 0. The summed E-state index contributed by atoms with van der Waals surface area (Å²) in [6.07, 6.45) is 7.80. The van der Waals surface area contributed by atoms with Crippen LogP contribution in [-0.4, -0.2) is 29.3 Å². The van der Waals surface area contributed by atoms with Gasteiger partial charge >= 0.3 is 0 Å². The Kier molecular flexibility index (Phi) is 4.96. The molecular formula is C17H23N3O2. The molecule has 1 aromatic carbocycles. The maximum atomic E-state index is 5.67. The summed E-state index contributed by atoms with van der Waals surface area (Å²) < 4.78 is 13.4. The topological polar surface area (TPSA) is 48.3 Å². The number of hydrogen-bond acceptors (Lipinski definition) is 4. The van der Waals surface area contributed by atoms with Gasteiger partial charge in [0.25, 0.3) is 0 Å². The Morgan fingerprint density at radius 1 is 1.27 bits per heavy atom. The molecule has 5 nitrogen and oxygen atoms in total. The first kappa shape index (κ1) is 14.9. The quantitative estimate of drug-likeness (QED) is 0.799. The highest BCUT2D eigenvalue weighted by molar-refractivity contribution is 5.44. The van der Waals surface area contributed by atoms with Crippen LogP contribution in [0.3, 0.4) is 0 Å². The Labute approximate surface area is 131 Å². The van der Waals surface area contributed by atoms with Crippen LogP contribution in [0.15, 0.2) is 36.9 Å². The van der Waals surface area contributed by atoms with E-state index in [1.807, 2.05) is 24.8 Å². The van der Waals surface area contributed by atoms with Crippen molar-refractivity contribution < 1.29 is 9.47 Å². The van der Waals surface area contributed by atoms with E-state index in [9.17, 15) is 0 Å². The first-order chi connectivity index (χ1) is 10.9. The van der Waals surface area contributed by atoms with Crippen LogP contribution in [0.5, 0.6) is 11.5 Å². The Morgan fingerprint density at radius 2 is 2.14 bits per heavy atom. The molecule has 0 unspecified atom stereocenters. The lowest BCUT2D eigenvalue weighted by molar-refractivity contribution is 0.171. The molecule has 0 saturated carbocycles. The molecular weight excluding hydrogens is 278 g/mol. The third kappa shape index (κ3) is 3.60. The fraction of sp³-hybridized carbons (Fsp3) is 0.471. The molecule has 3 rings (SSSR count). The predicted octanol–water partition coefficient (Wildman–Crippen LogP) is 2.79. The van der Waals surface area contributed by atoms with Gasteiger partial charge in [-0.05, 0) is 37.1 Å². The fourth-order valence-electron chi connectivity index (χ4n) is 2.73. The summed E-state index contributed by atoms with van der Waals surface area (Å²) in [4.78, 5) is 4.06. The highest BCUT2D eigenvalue weighted by Crippen LogP contribution is 2.33. The van der Waals surface area contributed by atoms with E-state index in [0.717, 1.165) is 37.4 Å². The Balaban J connectivity index is 1.54. The summed E-state index contributed by atoms with van der Waals surface area (Å²) in [6, 6.07) is 6.59. The maximum Gasteiger partial charge on any atom is 0.161 e. The van der Waals surface area contributed by atoms with E-state index in [1.165, 1.54) is 5.56 Å². The van der Waals surface area contributed by atoms with Crippen LogP contribution in [0.1, 0.15) is 31.4 Å². The van der Waals surface area contributed by atoms with E-state index in [0.29, 0.717) is 19.3 Å². The van der Waals surface area contributed by atoms with Gasteiger partial charge < -0.3 is 19.4 Å². The van der Waals surface area contributed by atoms with Gasteiger partial charge in [-0.25, -0.2) is 4.98 Å². The number of aromatic nitrogens is 2. The first-order valence-corrected chi connectivity index (χ1v) is 7.95. The number of nitrogens with one attached hydrogen (secondary N) is 1. The van der Waals surface area contributed by atoms with Crippen molar-refractivity contribution in [1.82, 2.24) is 14.9 Å². The van der Waals surface area contributed by atoms with Crippen molar-refractivity contribution in [2.75, 3.05) is 19.8 Å². The van der Waals surface area contributed by atoms with Crippen molar-refractivity contribution in [3.05, 3.63) is 42.5 Å². The molecule has 118 valence electrons. The van der Waals surface area contributed by atoms with E-state index in [-0.39, 0.29) is 0 Å². The molecule has 0 fully saturated rings. The second-order valence-electron chi connectivity index (χ2n) is 5.47. The Hall–Kier alpha value is -2.01. The normalized spacial score (nSPS) is 14.8. The second kappa shape index (κ2) is 7.31. The van der Waals surface area contributed by atoms with Crippen molar-refractivity contribution in [1.29, 1.82) is 0 Å². The minimum Gasteiger partial charge on any atom is -0.486 e. The van der Waals surface area contributed by atoms with Crippen LogP contribution in [0.2, 0.25) is 0 Å². The van der Waals surface area contributed by atoms with Gasteiger partial charge in [-0.2, -0.15) is 0 Å². The second-order valence-corrected chi connectivity index (χ2v) is 5.47. The van der Waals surface area contributed by atoms with Gasteiger partial charge in [0.05, 0.1) is 6.33 Å². The van der Waals surface area contributed by atoms with Gasteiger partial charge in [-0.1, -0.05) is 13.0 Å². The predicted molar refractivity (Wildman–Crippen MR) is 85.3 cm³/mol. The van der Waals surface area contributed by atoms with E-state index >= 15 is 0 Å². The highest BCUT2D eigenvalue weighted by atomic mass is 16.6. The van der Waals surface area contributed by atoms with Crippen molar-refractivity contribution in [2.24, 2.45) is 0 Å². The maximum absolute atomic E-state index is 5.67. The van der Waals surface area contributed by atoms with Crippen molar-refractivity contribution >= 4 is 0 Å². The standard InChI is InChI=1S/C17H23N3O2/c1-2-15(19-6-3-8-20-9-7-18-13-20)14-4-5-16-17(12-14)22-11-10-21-16/h4-5,7,9,12-13,15,19H,2-3,6,8,10-11H2,1H3/t15-/m1/s1. The van der Waals surface area contributed by atoms with Crippen molar-refractivity contribution in [3.8, 4) is 11.5 Å². The molecule has 1 N–H and O–H groups in total. The van der Waals surface area contributed by atoms with Gasteiger partial charge in [0.2, 0.25) is 0 Å². The number of fused-ring (bicyclic) bond motifs is 1. The van der Waals surface area contributed by atoms with E-state index in [4.69, 9.17) is 9.47 Å². The molecule has 0 radical (unpaired) electrons. The summed E-state index contributed by atoms with van der Waals surface area (Å²) in [7, 11) is 0. The van der Waals surface area contributed by atoms with E-state index in [1.54, 1.807) is 0 Å². The van der Waals surface area contributed by atoms with Gasteiger partial charge in [0.15, 0.2) is 11.5 Å². The average molecular weight is 301 g/mol. The van der Waals surface area contributed by atoms with Crippen LogP contribution in [-0.2, 0) is 6.54 Å². The third-order valence-corrected chi connectivity index (χ3v) is 3.92. The molecule has 0 spiro atoms. The smallest absolute Gasteiger partial charge is 0.161 e. The van der Waals surface area contributed by atoms with Crippen molar-refractivity contribution in [2.45, 2.75) is 32.4 Å². The zero-order valence-corrected chi connectivity index (χ0v) is 13.0. The monoisotopic (exact) mass is 301 g/mol. The average Bonchev–Trinajstić information content (AvgIpc) is 3.08. The highest BCUT2D eigenvalue weighted by Gasteiger charge is 2.15. The van der Waals surface area contributed by atoms with Crippen molar-refractivity contribution in [3.63, 3.8) is 0 Å². The molecule has 2 aromatic rings. The van der Waals surface area contributed by atoms with E-state index in [2.05, 4.69) is 33.9 Å². The number of hydrogen-bond donors (Lipinski definition) is 1. The summed E-state index contributed by atoms with van der Waals surface area (Å²) in [5.41, 5.74) is 1.26. The number of benzene rings is 1. The van der Waals surface area contributed by atoms with Gasteiger partial charge in [-0.3, -0.25) is 0 Å². The molecule has 1 aliphatic heterocycles. The lowest BCUT2D eigenvalue weighted by Crippen LogP contribution is -2.23. The minimum absolute atomic E-state index is 0.346. The molecule has 0 aliphatic carbocycles. The fourth-order valence-corrected chi connectivity index (χ4v) is 2.73. The zero-order chi connectivity index (χ0) is 15.2. The van der Waals surface area contributed by atoms with Gasteiger partial charge in [0, 0.05) is 25.0 Å². The van der Waals surface area contributed by atoms with Crippen LogP contribution < -0.4 is 14.8 Å². The third-order valence-electron chi connectivity index (χ3n) is 3.92. The summed E-state index contributed by atoms with van der Waals surface area (Å²) in [5.74, 6) is 1.72. The van der Waals surface area contributed by atoms with Crippen LogP contribution >= 0.6 is 0 Å². The Morgan fingerprint density at radius 3 is 2.91 bits per heavy atom. The molecule has 5 heteroatoms. The molecule has 0 amide bonds. The lowest BCUT2D eigenvalue weighted by Gasteiger charge is -2.22. The van der Waals surface area contributed by atoms with Gasteiger partial charge in [0.1, 0.15) is 13.2 Å². The number of aryl methyl sites for hydroxylation is 1. The van der Waals surface area contributed by atoms with E-state index < -0.39 is 0 Å². The molecule has 0 bridgehead atoms. The zero-order valence-electron chi connectivity index (χ0n) is 13.0. The number of ether oxygens (including phenoxy) is 2. The largest absolute Gasteiger partial charge is 0.486 e. The molecule has 1 aliphatic rings. The SMILES string of the molecule is CC[C@@H](NCCCn1ccnc1)c1ccc2c(c1)OCCO2. The van der Waals surface area contributed by atoms with Crippen LogP contribution in [0.4, 0.5) is 0 Å². The molecule has 22 heavy (non-hydrogen) atoms. The first-order valence-electron chi connectivity index (χ1n) is 7.95. The molecule has 0 saturated heterocycles. The number of rotatable bonds is 7. The Bertz CT molecular complexity index is 584.